The average molecular weight is 426 g/mol. The Balaban J connectivity index is 1.78. The van der Waals surface area contributed by atoms with Crippen LogP contribution in [0.2, 0.25) is 0 Å². The molecule has 7 heteroatoms. The lowest BCUT2D eigenvalue weighted by Gasteiger charge is -2.12. The lowest BCUT2D eigenvalue weighted by atomic mass is 10.1. The summed E-state index contributed by atoms with van der Waals surface area (Å²) in [6.07, 6.45) is 3.01. The zero-order chi connectivity index (χ0) is 22.6. The van der Waals surface area contributed by atoms with Gasteiger partial charge >= 0.3 is 0 Å². The summed E-state index contributed by atoms with van der Waals surface area (Å²) < 4.78 is 5.69. The fraction of sp³-hybridized carbons (Fsp3) is 0.375. The highest BCUT2D eigenvalue weighted by Gasteiger charge is 2.14. The quantitative estimate of drug-likeness (QED) is 0.395. The molecule has 0 atom stereocenters. The van der Waals surface area contributed by atoms with Gasteiger partial charge in [0.15, 0.2) is 0 Å². The van der Waals surface area contributed by atoms with Gasteiger partial charge in [-0.05, 0) is 44.0 Å². The number of aryl methyl sites for hydroxylation is 2. The van der Waals surface area contributed by atoms with E-state index >= 15 is 0 Å². The van der Waals surface area contributed by atoms with Crippen molar-refractivity contribution in [1.29, 1.82) is 0 Å². The van der Waals surface area contributed by atoms with Gasteiger partial charge in [-0.1, -0.05) is 49.6 Å². The van der Waals surface area contributed by atoms with Gasteiger partial charge in [0.1, 0.15) is 5.75 Å². The number of anilines is 1. The van der Waals surface area contributed by atoms with Gasteiger partial charge in [-0.2, -0.15) is 0 Å². The molecule has 0 spiro atoms. The molecule has 2 rings (SSSR count). The molecular weight excluding hydrogens is 394 g/mol. The maximum atomic E-state index is 12.4. The van der Waals surface area contributed by atoms with E-state index < -0.39 is 11.8 Å². The third-order valence-corrected chi connectivity index (χ3v) is 4.69. The number of hydrogen-bond donors (Lipinski definition) is 3. The molecule has 0 fully saturated rings. The molecule has 2 aromatic rings. The highest BCUT2D eigenvalue weighted by molar-refractivity contribution is 5.98. The van der Waals surface area contributed by atoms with Crippen LogP contribution in [0.25, 0.3) is 0 Å². The highest BCUT2D eigenvalue weighted by Crippen LogP contribution is 2.18. The molecule has 0 radical (unpaired) electrons. The number of benzene rings is 2. The van der Waals surface area contributed by atoms with Gasteiger partial charge < -0.3 is 10.1 Å². The molecule has 31 heavy (non-hydrogen) atoms. The number of ether oxygens (including phenoxy) is 1. The molecule has 0 aromatic heterocycles. The Bertz CT molecular complexity index is 911. The van der Waals surface area contributed by atoms with Crippen molar-refractivity contribution in [3.05, 3.63) is 59.2 Å². The second-order valence-corrected chi connectivity index (χ2v) is 7.42. The summed E-state index contributed by atoms with van der Waals surface area (Å²) in [6, 6.07) is 12.6. The predicted octanol–water partition coefficient (Wildman–Crippen LogP) is 4.05. The van der Waals surface area contributed by atoms with Crippen molar-refractivity contribution in [3.8, 4) is 5.75 Å². The van der Waals surface area contributed by atoms with Gasteiger partial charge in [-0.15, -0.1) is 0 Å². The molecule has 7 nitrogen and oxygen atoms in total. The Morgan fingerprint density at radius 2 is 1.65 bits per heavy atom. The zero-order valence-corrected chi connectivity index (χ0v) is 18.4. The Kier molecular flexibility index (Phi) is 9.55. The van der Waals surface area contributed by atoms with Crippen LogP contribution in [0.4, 0.5) is 5.69 Å². The number of para-hydroxylation sites is 1. The van der Waals surface area contributed by atoms with E-state index in [1.165, 1.54) is 0 Å². The van der Waals surface area contributed by atoms with Crippen LogP contribution in [0.5, 0.6) is 5.75 Å². The molecule has 2 aromatic carbocycles. The first-order valence-corrected chi connectivity index (χ1v) is 10.6. The smallest absolute Gasteiger partial charge is 0.273 e. The van der Waals surface area contributed by atoms with Gasteiger partial charge in [0, 0.05) is 18.5 Å². The Hall–Kier alpha value is -3.35. The molecule has 0 heterocycles. The molecule has 0 aliphatic carbocycles. The summed E-state index contributed by atoms with van der Waals surface area (Å²) in [7, 11) is 0. The van der Waals surface area contributed by atoms with Crippen LogP contribution in [0.3, 0.4) is 0 Å². The van der Waals surface area contributed by atoms with E-state index in [9.17, 15) is 14.4 Å². The normalized spacial score (nSPS) is 10.3. The maximum absolute atomic E-state index is 12.4. The third-order valence-electron chi connectivity index (χ3n) is 4.69. The summed E-state index contributed by atoms with van der Waals surface area (Å²) in [5.74, 6) is -0.720. The molecule has 166 valence electrons. The molecular formula is C24H31N3O4. The van der Waals surface area contributed by atoms with Crippen molar-refractivity contribution >= 4 is 23.4 Å². The van der Waals surface area contributed by atoms with E-state index in [0.29, 0.717) is 17.9 Å². The van der Waals surface area contributed by atoms with Crippen LogP contribution < -0.4 is 20.9 Å². The summed E-state index contributed by atoms with van der Waals surface area (Å²) >= 11 is 0. The standard InChI is InChI=1S/C24H31N3O4/c1-4-5-8-15-31-21-10-7-6-9-19(21)24(30)27-26-23(29)14-13-22(28)25-20-12-11-17(2)16-18(20)3/h6-7,9-12,16H,4-5,8,13-15H2,1-3H3,(H,25,28)(H,26,29)(H,27,30). The number of carbonyl (C=O) groups is 3. The van der Waals surface area contributed by atoms with Crippen molar-refractivity contribution < 1.29 is 19.1 Å². The Morgan fingerprint density at radius 3 is 2.39 bits per heavy atom. The van der Waals surface area contributed by atoms with Gasteiger partial charge in [0.05, 0.1) is 12.2 Å². The SMILES string of the molecule is CCCCCOc1ccccc1C(=O)NNC(=O)CCC(=O)Nc1ccc(C)cc1C. The second-order valence-electron chi connectivity index (χ2n) is 7.42. The van der Waals surface area contributed by atoms with E-state index in [4.69, 9.17) is 4.74 Å². The zero-order valence-electron chi connectivity index (χ0n) is 18.4. The van der Waals surface area contributed by atoms with Crippen LogP contribution in [0.15, 0.2) is 42.5 Å². The van der Waals surface area contributed by atoms with Crippen LogP contribution in [0.1, 0.15) is 60.5 Å². The van der Waals surface area contributed by atoms with Gasteiger partial charge in [0.25, 0.3) is 5.91 Å². The van der Waals surface area contributed by atoms with E-state index in [1.807, 2.05) is 32.0 Å². The Morgan fingerprint density at radius 1 is 0.903 bits per heavy atom. The topological polar surface area (TPSA) is 96.5 Å². The third kappa shape index (κ3) is 8.12. The van der Waals surface area contributed by atoms with Crippen molar-refractivity contribution in [2.75, 3.05) is 11.9 Å². The number of nitrogens with one attached hydrogen (secondary N) is 3. The van der Waals surface area contributed by atoms with Crippen molar-refractivity contribution in [3.63, 3.8) is 0 Å². The number of hydrazine groups is 1. The number of rotatable bonds is 10. The number of hydrogen-bond acceptors (Lipinski definition) is 4. The monoisotopic (exact) mass is 425 g/mol. The van der Waals surface area contributed by atoms with Gasteiger partial charge in [-0.25, -0.2) is 0 Å². The van der Waals surface area contributed by atoms with Crippen molar-refractivity contribution in [2.24, 2.45) is 0 Å². The second kappa shape index (κ2) is 12.4. The first-order valence-electron chi connectivity index (χ1n) is 10.6. The summed E-state index contributed by atoms with van der Waals surface area (Å²) in [5.41, 5.74) is 7.86. The number of unbranched alkanes of at least 4 members (excludes halogenated alkanes) is 2. The lowest BCUT2D eigenvalue weighted by molar-refractivity contribution is -0.124. The largest absolute Gasteiger partial charge is 0.493 e. The van der Waals surface area contributed by atoms with E-state index in [-0.39, 0.29) is 18.7 Å². The fourth-order valence-corrected chi connectivity index (χ4v) is 2.96. The predicted molar refractivity (Wildman–Crippen MR) is 121 cm³/mol. The minimum Gasteiger partial charge on any atom is -0.493 e. The molecule has 0 aliphatic rings. The van der Waals surface area contributed by atoms with Gasteiger partial charge in [0.2, 0.25) is 11.8 Å². The lowest BCUT2D eigenvalue weighted by Crippen LogP contribution is -2.42. The van der Waals surface area contributed by atoms with Crippen molar-refractivity contribution in [1.82, 2.24) is 10.9 Å². The molecule has 3 N–H and O–H groups in total. The summed E-state index contributed by atoms with van der Waals surface area (Å²) in [6.45, 7) is 6.53. The molecule has 0 bridgehead atoms. The number of amides is 3. The van der Waals surface area contributed by atoms with Crippen molar-refractivity contribution in [2.45, 2.75) is 52.9 Å². The van der Waals surface area contributed by atoms with Gasteiger partial charge in [-0.3, -0.25) is 25.2 Å². The van der Waals surface area contributed by atoms with E-state index in [1.54, 1.807) is 24.3 Å². The van der Waals surface area contributed by atoms with E-state index in [0.717, 1.165) is 36.1 Å². The summed E-state index contributed by atoms with van der Waals surface area (Å²) in [5, 5.41) is 2.80. The molecule has 3 amide bonds. The maximum Gasteiger partial charge on any atom is 0.273 e. The highest BCUT2D eigenvalue weighted by atomic mass is 16.5. The number of carbonyl (C=O) groups excluding carboxylic acids is 3. The molecule has 0 unspecified atom stereocenters. The van der Waals surface area contributed by atoms with Crippen LogP contribution >= 0.6 is 0 Å². The first kappa shape index (κ1) is 23.9. The summed E-state index contributed by atoms with van der Waals surface area (Å²) in [4.78, 5) is 36.6. The fourth-order valence-electron chi connectivity index (χ4n) is 2.96. The van der Waals surface area contributed by atoms with Crippen LogP contribution in [-0.4, -0.2) is 24.3 Å². The minimum absolute atomic E-state index is 0.00610. The van der Waals surface area contributed by atoms with Crippen LogP contribution in [-0.2, 0) is 9.59 Å². The van der Waals surface area contributed by atoms with E-state index in [2.05, 4.69) is 23.1 Å². The first-order chi connectivity index (χ1) is 14.9. The average Bonchev–Trinajstić information content (AvgIpc) is 2.76. The van der Waals surface area contributed by atoms with Crippen LogP contribution in [0, 0.1) is 13.8 Å². The molecule has 0 aliphatic heterocycles. The minimum atomic E-state index is -0.473. The molecule has 0 saturated heterocycles. The molecule has 0 saturated carbocycles. The Labute approximate surface area is 183 Å².